The Kier molecular flexibility index (Phi) is 4.51. The molecule has 3 atom stereocenters. The summed E-state index contributed by atoms with van der Waals surface area (Å²) in [6.45, 7) is 4.23. The Morgan fingerprint density at radius 2 is 2.04 bits per heavy atom. The fourth-order valence-corrected chi connectivity index (χ4v) is 3.45. The molecule has 2 N–H and O–H groups in total. The van der Waals surface area contributed by atoms with Crippen molar-refractivity contribution in [2.24, 2.45) is 23.7 Å². The van der Waals surface area contributed by atoms with E-state index in [1.54, 1.807) is 0 Å². The lowest BCUT2D eigenvalue weighted by Crippen LogP contribution is -2.32. The van der Waals surface area contributed by atoms with Gasteiger partial charge in [-0.2, -0.15) is 0 Å². The molecule has 122 valence electrons. The van der Waals surface area contributed by atoms with Crippen LogP contribution in [-0.2, 0) is 16.1 Å². The van der Waals surface area contributed by atoms with E-state index in [2.05, 4.69) is 22.8 Å². The highest BCUT2D eigenvalue weighted by atomic mass is 16.2. The van der Waals surface area contributed by atoms with Crippen molar-refractivity contribution in [1.29, 1.82) is 0 Å². The zero-order chi connectivity index (χ0) is 16.4. The number of benzene rings is 1. The zero-order valence-corrected chi connectivity index (χ0v) is 13.7. The van der Waals surface area contributed by atoms with E-state index in [1.807, 2.05) is 38.1 Å². The van der Waals surface area contributed by atoms with Gasteiger partial charge in [0.25, 0.3) is 0 Å². The monoisotopic (exact) mass is 312 g/mol. The minimum Gasteiger partial charge on any atom is -0.352 e. The fourth-order valence-electron chi connectivity index (χ4n) is 3.45. The number of allylic oxidation sites excluding steroid dienone is 2. The summed E-state index contributed by atoms with van der Waals surface area (Å²) in [7, 11) is 0. The summed E-state index contributed by atoms with van der Waals surface area (Å²) in [5.41, 5.74) is 1.77. The minimum absolute atomic E-state index is 0.0000430. The third-order valence-electron chi connectivity index (χ3n) is 4.80. The molecule has 2 aliphatic carbocycles. The van der Waals surface area contributed by atoms with Crippen LogP contribution < -0.4 is 10.6 Å². The fraction of sp³-hybridized carbons (Fsp3) is 0.474. The molecule has 0 unspecified atom stereocenters. The highest BCUT2D eigenvalue weighted by Gasteiger charge is 2.39. The van der Waals surface area contributed by atoms with E-state index in [9.17, 15) is 9.59 Å². The van der Waals surface area contributed by atoms with Gasteiger partial charge in [-0.05, 0) is 42.4 Å². The van der Waals surface area contributed by atoms with Gasteiger partial charge in [0.15, 0.2) is 0 Å². The summed E-state index contributed by atoms with van der Waals surface area (Å²) < 4.78 is 0. The van der Waals surface area contributed by atoms with E-state index in [4.69, 9.17) is 0 Å². The van der Waals surface area contributed by atoms with Gasteiger partial charge in [0.2, 0.25) is 11.8 Å². The lowest BCUT2D eigenvalue weighted by molar-refractivity contribution is -0.126. The van der Waals surface area contributed by atoms with Crippen molar-refractivity contribution < 1.29 is 9.59 Å². The molecule has 0 aliphatic heterocycles. The first-order chi connectivity index (χ1) is 11.0. The van der Waals surface area contributed by atoms with Crippen LogP contribution in [0.15, 0.2) is 36.4 Å². The normalized spacial score (nSPS) is 24.9. The number of rotatable bonds is 5. The highest BCUT2D eigenvalue weighted by molar-refractivity contribution is 5.92. The standard InChI is InChI=1S/C19H24N2O2/c1-12(2)18(22)21-16-5-3-4-14(9-16)11-20-19(23)17-10-13-6-7-15(17)8-13/h3-7,9,12-13,15,17H,8,10-11H2,1-2H3,(H,20,23)(H,21,22)/t13-,15-,17+/m0/s1. The summed E-state index contributed by atoms with van der Waals surface area (Å²) in [4.78, 5) is 24.1. The molecule has 1 fully saturated rings. The van der Waals surface area contributed by atoms with Gasteiger partial charge >= 0.3 is 0 Å². The van der Waals surface area contributed by atoms with Gasteiger partial charge < -0.3 is 10.6 Å². The smallest absolute Gasteiger partial charge is 0.226 e. The maximum Gasteiger partial charge on any atom is 0.226 e. The number of amides is 2. The summed E-state index contributed by atoms with van der Waals surface area (Å²) >= 11 is 0. The molecule has 2 aliphatic rings. The largest absolute Gasteiger partial charge is 0.352 e. The number of nitrogens with one attached hydrogen (secondary N) is 2. The van der Waals surface area contributed by atoms with E-state index in [1.165, 1.54) is 0 Å². The van der Waals surface area contributed by atoms with E-state index < -0.39 is 0 Å². The van der Waals surface area contributed by atoms with Crippen molar-refractivity contribution in [1.82, 2.24) is 5.32 Å². The maximum absolute atomic E-state index is 12.3. The molecule has 1 aromatic rings. The Bertz CT molecular complexity index is 636. The third kappa shape index (κ3) is 3.63. The Balaban J connectivity index is 1.55. The number of carbonyl (C=O) groups excluding carboxylic acids is 2. The van der Waals surface area contributed by atoms with Crippen LogP contribution in [0.25, 0.3) is 0 Å². The molecule has 1 saturated carbocycles. The lowest BCUT2D eigenvalue weighted by Gasteiger charge is -2.17. The molecule has 3 rings (SSSR count). The summed E-state index contributed by atoms with van der Waals surface area (Å²) in [6.07, 6.45) is 6.56. The molecule has 23 heavy (non-hydrogen) atoms. The van der Waals surface area contributed by atoms with Gasteiger partial charge in [-0.3, -0.25) is 9.59 Å². The van der Waals surface area contributed by atoms with Crippen LogP contribution in [0.5, 0.6) is 0 Å². The van der Waals surface area contributed by atoms with Crippen molar-refractivity contribution in [3.8, 4) is 0 Å². The van der Waals surface area contributed by atoms with E-state index in [-0.39, 0.29) is 23.7 Å². The zero-order valence-electron chi connectivity index (χ0n) is 13.7. The van der Waals surface area contributed by atoms with Crippen molar-refractivity contribution in [3.63, 3.8) is 0 Å². The lowest BCUT2D eigenvalue weighted by atomic mass is 9.93. The second-order valence-electron chi connectivity index (χ2n) is 6.95. The van der Waals surface area contributed by atoms with Crippen LogP contribution in [0.3, 0.4) is 0 Å². The van der Waals surface area contributed by atoms with E-state index >= 15 is 0 Å². The van der Waals surface area contributed by atoms with E-state index in [0.29, 0.717) is 18.4 Å². The van der Waals surface area contributed by atoms with Gasteiger partial charge in [-0.1, -0.05) is 38.1 Å². The first-order valence-electron chi connectivity index (χ1n) is 8.39. The average molecular weight is 312 g/mol. The molecule has 2 amide bonds. The first kappa shape index (κ1) is 15.8. The number of fused-ring (bicyclic) bond motifs is 2. The van der Waals surface area contributed by atoms with Gasteiger partial charge in [-0.25, -0.2) is 0 Å². The van der Waals surface area contributed by atoms with Gasteiger partial charge in [-0.15, -0.1) is 0 Å². The number of hydrogen-bond acceptors (Lipinski definition) is 2. The van der Waals surface area contributed by atoms with Gasteiger partial charge in [0.1, 0.15) is 0 Å². The van der Waals surface area contributed by atoms with E-state index in [0.717, 1.165) is 24.1 Å². The summed E-state index contributed by atoms with van der Waals surface area (Å²) in [6, 6.07) is 7.65. The van der Waals surface area contributed by atoms with Crippen molar-refractivity contribution in [2.45, 2.75) is 33.2 Å². The highest BCUT2D eigenvalue weighted by Crippen LogP contribution is 2.43. The SMILES string of the molecule is CC(C)C(=O)Nc1cccc(CNC(=O)[C@@H]2C[C@H]3C=C[C@H]2C3)c1. The summed E-state index contributed by atoms with van der Waals surface area (Å²) in [5, 5.41) is 5.93. The van der Waals surface area contributed by atoms with Crippen LogP contribution in [0.2, 0.25) is 0 Å². The van der Waals surface area contributed by atoms with Crippen LogP contribution in [0.4, 0.5) is 5.69 Å². The number of anilines is 1. The molecule has 4 nitrogen and oxygen atoms in total. The molecular weight excluding hydrogens is 288 g/mol. The molecule has 1 aromatic carbocycles. The maximum atomic E-state index is 12.3. The molecule has 0 radical (unpaired) electrons. The Labute approximate surface area is 137 Å². The van der Waals surface area contributed by atoms with Crippen LogP contribution in [-0.4, -0.2) is 11.8 Å². The third-order valence-corrected chi connectivity index (χ3v) is 4.80. The molecular formula is C19H24N2O2. The predicted octanol–water partition coefficient (Wildman–Crippen LogP) is 3.11. The second-order valence-corrected chi connectivity index (χ2v) is 6.95. The Morgan fingerprint density at radius 1 is 1.22 bits per heavy atom. The molecule has 2 bridgehead atoms. The van der Waals surface area contributed by atoms with Gasteiger partial charge in [0.05, 0.1) is 0 Å². The van der Waals surface area contributed by atoms with Crippen molar-refractivity contribution in [2.75, 3.05) is 5.32 Å². The molecule has 4 heteroatoms. The van der Waals surface area contributed by atoms with Crippen LogP contribution in [0.1, 0.15) is 32.3 Å². The number of carbonyl (C=O) groups is 2. The van der Waals surface area contributed by atoms with Gasteiger partial charge in [0, 0.05) is 24.1 Å². The number of hydrogen-bond donors (Lipinski definition) is 2. The minimum atomic E-state index is -0.0517. The second kappa shape index (κ2) is 6.57. The topological polar surface area (TPSA) is 58.2 Å². The molecule has 0 aromatic heterocycles. The predicted molar refractivity (Wildman–Crippen MR) is 90.6 cm³/mol. The molecule has 0 heterocycles. The van der Waals surface area contributed by atoms with Crippen molar-refractivity contribution in [3.05, 3.63) is 42.0 Å². The molecule has 0 spiro atoms. The van der Waals surface area contributed by atoms with Crippen molar-refractivity contribution >= 4 is 17.5 Å². The quantitative estimate of drug-likeness (QED) is 0.821. The Hall–Kier alpha value is -2.10. The Morgan fingerprint density at radius 3 is 2.70 bits per heavy atom. The molecule has 0 saturated heterocycles. The summed E-state index contributed by atoms with van der Waals surface area (Å²) in [5.74, 6) is 1.26. The van der Waals surface area contributed by atoms with Crippen LogP contribution >= 0.6 is 0 Å². The first-order valence-corrected chi connectivity index (χ1v) is 8.39. The average Bonchev–Trinajstić information content (AvgIpc) is 3.16. The van der Waals surface area contributed by atoms with Crippen LogP contribution in [0, 0.1) is 23.7 Å².